The van der Waals surface area contributed by atoms with E-state index in [9.17, 15) is 0 Å². The molecule has 1 unspecified atom stereocenters. The molecule has 1 N–H and O–H groups in total. The number of nitrogens with one attached hydrogen (secondary N) is 1. The number of hydrogen-bond acceptors (Lipinski definition) is 2. The van der Waals surface area contributed by atoms with Crippen molar-refractivity contribution < 1.29 is 0 Å². The largest absolute Gasteiger partial charge is 0.305 e. The van der Waals surface area contributed by atoms with Crippen molar-refractivity contribution in [1.29, 1.82) is 0 Å². The van der Waals surface area contributed by atoms with E-state index in [1.54, 1.807) is 0 Å². The highest BCUT2D eigenvalue weighted by Gasteiger charge is 2.22. The predicted molar refractivity (Wildman–Crippen MR) is 103 cm³/mol. The van der Waals surface area contributed by atoms with Crippen molar-refractivity contribution in [3.63, 3.8) is 0 Å². The van der Waals surface area contributed by atoms with Gasteiger partial charge in [-0.3, -0.25) is 0 Å². The average Bonchev–Trinajstić information content (AvgIpc) is 2.95. The molecular weight excluding hydrogens is 327 g/mol. The smallest absolute Gasteiger partial charge is 0.0577 e. The molecule has 0 radical (unpaired) electrons. The summed E-state index contributed by atoms with van der Waals surface area (Å²) in [6.07, 6.45) is 2.63. The third-order valence-corrected chi connectivity index (χ3v) is 4.49. The Morgan fingerprint density at radius 3 is 1.91 bits per heavy atom. The number of halogens is 2. The minimum Gasteiger partial charge on any atom is -0.305 e. The Balaban J connectivity index is 0.00000132. The van der Waals surface area contributed by atoms with Crippen LogP contribution in [0.4, 0.5) is 0 Å². The quantitative estimate of drug-likeness (QED) is 0.862. The maximum atomic E-state index is 3.78. The van der Waals surface area contributed by atoms with Crippen LogP contribution in [0.2, 0.25) is 0 Å². The lowest BCUT2D eigenvalue weighted by molar-refractivity contribution is 0.296. The molecule has 0 amide bonds. The van der Waals surface area contributed by atoms with Gasteiger partial charge in [0.05, 0.1) is 6.04 Å². The molecule has 4 heteroatoms. The third kappa shape index (κ3) is 5.22. The highest BCUT2D eigenvalue weighted by molar-refractivity contribution is 5.85. The highest BCUT2D eigenvalue weighted by atomic mass is 35.5. The average molecular weight is 353 g/mol. The van der Waals surface area contributed by atoms with E-state index in [2.05, 4.69) is 77.9 Å². The summed E-state index contributed by atoms with van der Waals surface area (Å²) in [4.78, 5) is 2.47. The molecule has 2 aromatic carbocycles. The number of likely N-dealkylation sites (N-methyl/N-ethyl adjacent to an activating group) is 1. The van der Waals surface area contributed by atoms with Crippen LogP contribution >= 0.6 is 24.8 Å². The summed E-state index contributed by atoms with van der Waals surface area (Å²) in [5.74, 6) is 0. The van der Waals surface area contributed by atoms with Crippen LogP contribution in [0.15, 0.2) is 60.7 Å². The van der Waals surface area contributed by atoms with E-state index in [1.165, 1.54) is 30.5 Å². The number of likely N-dealkylation sites (tertiary alicyclic amines) is 1. The molecule has 0 spiro atoms. The molecule has 0 aliphatic carbocycles. The molecular formula is C19H26Cl2N2. The van der Waals surface area contributed by atoms with Crippen LogP contribution in [0.1, 0.15) is 30.0 Å². The van der Waals surface area contributed by atoms with Crippen molar-refractivity contribution in [3.05, 3.63) is 71.8 Å². The second-order valence-electron chi connectivity index (χ2n) is 5.94. The van der Waals surface area contributed by atoms with Crippen molar-refractivity contribution in [3.8, 4) is 0 Å². The number of benzene rings is 2. The van der Waals surface area contributed by atoms with Crippen molar-refractivity contribution >= 4 is 24.8 Å². The summed E-state index contributed by atoms with van der Waals surface area (Å²) in [5.41, 5.74) is 2.67. The zero-order chi connectivity index (χ0) is 14.5. The fraction of sp³-hybridized carbons (Fsp3) is 0.368. The molecule has 2 aromatic rings. The maximum absolute atomic E-state index is 3.78. The number of hydrogen-bond donors (Lipinski definition) is 1. The van der Waals surface area contributed by atoms with Gasteiger partial charge in [-0.1, -0.05) is 60.7 Å². The molecule has 0 saturated carbocycles. The van der Waals surface area contributed by atoms with E-state index < -0.39 is 0 Å². The van der Waals surface area contributed by atoms with Gasteiger partial charge in [0.25, 0.3) is 0 Å². The van der Waals surface area contributed by atoms with Crippen LogP contribution in [0.3, 0.4) is 0 Å². The Hall–Kier alpha value is -1.06. The summed E-state index contributed by atoms with van der Waals surface area (Å²) in [7, 11) is 2.24. The molecule has 2 nitrogen and oxygen atoms in total. The summed E-state index contributed by atoms with van der Waals surface area (Å²) in [5, 5.41) is 3.78. The first-order valence-corrected chi connectivity index (χ1v) is 7.88. The lowest BCUT2D eigenvalue weighted by atomic mass is 9.98. The first-order chi connectivity index (χ1) is 10.3. The van der Waals surface area contributed by atoms with Crippen LogP contribution in [0.5, 0.6) is 0 Å². The molecule has 1 heterocycles. The van der Waals surface area contributed by atoms with Gasteiger partial charge in [-0.25, -0.2) is 0 Å². The van der Waals surface area contributed by atoms with Crippen molar-refractivity contribution in [2.24, 2.45) is 0 Å². The molecule has 23 heavy (non-hydrogen) atoms. The molecule has 1 fully saturated rings. The Bertz CT molecular complexity index is 508. The molecule has 3 rings (SSSR count). The highest BCUT2D eigenvalue weighted by Crippen LogP contribution is 2.23. The molecule has 1 aliphatic heterocycles. The minimum atomic E-state index is 0. The second kappa shape index (κ2) is 9.94. The normalized spacial score (nSPS) is 17.6. The Morgan fingerprint density at radius 2 is 1.48 bits per heavy atom. The number of rotatable bonds is 5. The van der Waals surface area contributed by atoms with E-state index in [4.69, 9.17) is 0 Å². The van der Waals surface area contributed by atoms with E-state index in [1.807, 2.05) is 0 Å². The van der Waals surface area contributed by atoms with Gasteiger partial charge in [-0.05, 0) is 37.6 Å². The van der Waals surface area contributed by atoms with Gasteiger partial charge in [0.1, 0.15) is 0 Å². The van der Waals surface area contributed by atoms with E-state index in [-0.39, 0.29) is 30.9 Å². The van der Waals surface area contributed by atoms with Gasteiger partial charge in [0, 0.05) is 12.6 Å². The van der Waals surface area contributed by atoms with Gasteiger partial charge < -0.3 is 10.2 Å². The van der Waals surface area contributed by atoms with Crippen LogP contribution in [0, 0.1) is 0 Å². The summed E-state index contributed by atoms with van der Waals surface area (Å²) < 4.78 is 0. The molecule has 1 atom stereocenters. The first-order valence-electron chi connectivity index (χ1n) is 7.88. The fourth-order valence-electron chi connectivity index (χ4n) is 3.21. The van der Waals surface area contributed by atoms with E-state index in [0.717, 1.165) is 6.54 Å². The molecule has 1 aliphatic rings. The summed E-state index contributed by atoms with van der Waals surface area (Å²) in [6, 6.07) is 22.4. The summed E-state index contributed by atoms with van der Waals surface area (Å²) >= 11 is 0. The molecule has 1 saturated heterocycles. The monoisotopic (exact) mass is 352 g/mol. The van der Waals surface area contributed by atoms with Gasteiger partial charge >= 0.3 is 0 Å². The fourth-order valence-corrected chi connectivity index (χ4v) is 3.21. The standard InChI is InChI=1S/C19H24N2.2ClH/c1-21-14-8-13-18(21)15-20-19(16-9-4-2-5-10-16)17-11-6-3-7-12-17;;/h2-7,9-12,18-20H,8,13-15H2,1H3;2*1H. The third-order valence-electron chi connectivity index (χ3n) is 4.49. The van der Waals surface area contributed by atoms with Gasteiger partial charge in [-0.15, -0.1) is 24.8 Å². The second-order valence-corrected chi connectivity index (χ2v) is 5.94. The van der Waals surface area contributed by atoms with Crippen molar-refractivity contribution in [2.75, 3.05) is 20.1 Å². The Labute approximate surface area is 152 Å². The minimum absolute atomic E-state index is 0. The van der Waals surface area contributed by atoms with Gasteiger partial charge in [0.2, 0.25) is 0 Å². The SMILES string of the molecule is CN1CCCC1CNC(c1ccccc1)c1ccccc1.Cl.Cl. The Morgan fingerprint density at radius 1 is 0.957 bits per heavy atom. The topological polar surface area (TPSA) is 15.3 Å². The predicted octanol–water partition coefficient (Wildman–Crippen LogP) is 4.30. The maximum Gasteiger partial charge on any atom is 0.0577 e. The van der Waals surface area contributed by atoms with Gasteiger partial charge in [0.15, 0.2) is 0 Å². The van der Waals surface area contributed by atoms with Crippen LogP contribution in [-0.4, -0.2) is 31.1 Å². The number of nitrogens with zero attached hydrogens (tertiary/aromatic N) is 1. The lowest BCUT2D eigenvalue weighted by Gasteiger charge is -2.25. The van der Waals surface area contributed by atoms with Crippen molar-refractivity contribution in [2.45, 2.75) is 24.9 Å². The van der Waals surface area contributed by atoms with E-state index in [0.29, 0.717) is 6.04 Å². The molecule has 0 aromatic heterocycles. The van der Waals surface area contributed by atoms with Crippen molar-refractivity contribution in [1.82, 2.24) is 10.2 Å². The zero-order valence-electron chi connectivity index (χ0n) is 13.5. The first kappa shape index (κ1) is 20.0. The van der Waals surface area contributed by atoms with Gasteiger partial charge in [-0.2, -0.15) is 0 Å². The van der Waals surface area contributed by atoms with Crippen LogP contribution < -0.4 is 5.32 Å². The zero-order valence-corrected chi connectivity index (χ0v) is 15.2. The summed E-state index contributed by atoms with van der Waals surface area (Å²) in [6.45, 7) is 2.28. The lowest BCUT2D eigenvalue weighted by Crippen LogP contribution is -2.37. The van der Waals surface area contributed by atoms with Crippen LogP contribution in [-0.2, 0) is 0 Å². The van der Waals surface area contributed by atoms with Crippen LogP contribution in [0.25, 0.3) is 0 Å². The molecule has 126 valence electrons. The molecule has 0 bridgehead atoms. The van der Waals surface area contributed by atoms with E-state index >= 15 is 0 Å². The Kier molecular flexibility index (Phi) is 8.64.